The molecule has 2 rings (SSSR count). The lowest BCUT2D eigenvalue weighted by atomic mass is 10.3. The van der Waals surface area contributed by atoms with Gasteiger partial charge in [0.05, 0.1) is 22.5 Å². The van der Waals surface area contributed by atoms with Gasteiger partial charge in [0.1, 0.15) is 5.25 Å². The molecule has 1 aromatic carbocycles. The molecule has 0 amide bonds. The van der Waals surface area contributed by atoms with Gasteiger partial charge in [-0.25, -0.2) is 16.8 Å². The van der Waals surface area contributed by atoms with E-state index in [1.807, 2.05) is 0 Å². The van der Waals surface area contributed by atoms with Crippen molar-refractivity contribution in [1.82, 2.24) is 0 Å². The SMILES string of the molecule is O=S1(=O)C[C@@H](S(=O)(=O)c2ccccc2)[C@@H](O)C1. The Bertz CT molecular complexity index is 603. The van der Waals surface area contributed by atoms with Crippen LogP contribution in [0.5, 0.6) is 0 Å². The Morgan fingerprint density at radius 1 is 1.12 bits per heavy atom. The van der Waals surface area contributed by atoms with E-state index in [0.717, 1.165) is 0 Å². The van der Waals surface area contributed by atoms with E-state index in [0.29, 0.717) is 0 Å². The molecule has 7 heteroatoms. The summed E-state index contributed by atoms with van der Waals surface area (Å²) >= 11 is 0. The third kappa shape index (κ3) is 2.36. The van der Waals surface area contributed by atoms with Crippen molar-refractivity contribution in [2.45, 2.75) is 16.2 Å². The summed E-state index contributed by atoms with van der Waals surface area (Å²) in [4.78, 5) is 0.0427. The number of hydrogen-bond acceptors (Lipinski definition) is 5. The van der Waals surface area contributed by atoms with E-state index in [1.165, 1.54) is 12.1 Å². The van der Waals surface area contributed by atoms with Crippen molar-refractivity contribution in [2.75, 3.05) is 11.5 Å². The summed E-state index contributed by atoms with van der Waals surface area (Å²) < 4.78 is 46.8. The quantitative estimate of drug-likeness (QED) is 0.795. The van der Waals surface area contributed by atoms with Gasteiger partial charge in [0, 0.05) is 0 Å². The molecule has 0 aliphatic carbocycles. The molecular formula is C10H12O5S2. The Morgan fingerprint density at radius 2 is 1.71 bits per heavy atom. The lowest BCUT2D eigenvalue weighted by Crippen LogP contribution is -2.32. The number of sulfone groups is 2. The minimum atomic E-state index is -3.79. The van der Waals surface area contributed by atoms with Crippen molar-refractivity contribution >= 4 is 19.7 Å². The van der Waals surface area contributed by atoms with Gasteiger partial charge in [-0.1, -0.05) is 18.2 Å². The third-order valence-electron chi connectivity index (χ3n) is 2.74. The first kappa shape index (κ1) is 12.5. The summed E-state index contributed by atoms with van der Waals surface area (Å²) in [5, 5.41) is 8.31. The van der Waals surface area contributed by atoms with E-state index >= 15 is 0 Å². The van der Waals surface area contributed by atoms with Crippen LogP contribution in [0, 0.1) is 0 Å². The molecule has 1 fully saturated rings. The average Bonchev–Trinajstić information content (AvgIpc) is 2.54. The molecule has 1 N–H and O–H groups in total. The Morgan fingerprint density at radius 3 is 2.18 bits per heavy atom. The zero-order chi connectivity index (χ0) is 12.7. The molecular weight excluding hydrogens is 264 g/mol. The highest BCUT2D eigenvalue weighted by Crippen LogP contribution is 2.25. The minimum absolute atomic E-state index is 0.0427. The number of aliphatic hydroxyl groups is 1. The fourth-order valence-corrected chi connectivity index (χ4v) is 6.35. The largest absolute Gasteiger partial charge is 0.391 e. The van der Waals surface area contributed by atoms with Crippen LogP contribution in [0.3, 0.4) is 0 Å². The van der Waals surface area contributed by atoms with E-state index < -0.39 is 42.5 Å². The molecule has 0 spiro atoms. The topological polar surface area (TPSA) is 88.5 Å². The monoisotopic (exact) mass is 276 g/mol. The molecule has 2 atom stereocenters. The summed E-state index contributed by atoms with van der Waals surface area (Å²) in [6, 6.07) is 7.58. The van der Waals surface area contributed by atoms with Gasteiger partial charge in [-0.2, -0.15) is 0 Å². The highest BCUT2D eigenvalue weighted by molar-refractivity contribution is 7.96. The molecule has 0 aromatic heterocycles. The zero-order valence-electron chi connectivity index (χ0n) is 8.85. The van der Waals surface area contributed by atoms with Crippen LogP contribution in [0.2, 0.25) is 0 Å². The Hall–Kier alpha value is -0.920. The van der Waals surface area contributed by atoms with Gasteiger partial charge in [0.15, 0.2) is 19.7 Å². The second-order valence-electron chi connectivity index (χ2n) is 4.04. The fourth-order valence-electron chi connectivity index (χ4n) is 1.88. The number of benzene rings is 1. The molecule has 17 heavy (non-hydrogen) atoms. The van der Waals surface area contributed by atoms with Gasteiger partial charge < -0.3 is 5.11 Å². The van der Waals surface area contributed by atoms with Crippen molar-refractivity contribution in [2.24, 2.45) is 0 Å². The van der Waals surface area contributed by atoms with Crippen molar-refractivity contribution in [3.8, 4) is 0 Å². The van der Waals surface area contributed by atoms with Crippen LogP contribution in [0.1, 0.15) is 0 Å². The molecule has 0 saturated carbocycles. The van der Waals surface area contributed by atoms with E-state index in [1.54, 1.807) is 18.2 Å². The second kappa shape index (κ2) is 4.08. The van der Waals surface area contributed by atoms with Crippen molar-refractivity contribution in [1.29, 1.82) is 0 Å². The maximum atomic E-state index is 12.1. The fraction of sp³-hybridized carbons (Fsp3) is 0.400. The van der Waals surface area contributed by atoms with E-state index in [9.17, 15) is 21.9 Å². The van der Waals surface area contributed by atoms with Crippen LogP contribution in [0.25, 0.3) is 0 Å². The first-order chi connectivity index (χ1) is 7.83. The molecule has 1 aliphatic rings. The second-order valence-corrected chi connectivity index (χ2v) is 8.36. The molecule has 0 unspecified atom stereocenters. The predicted octanol–water partition coefficient (Wildman–Crippen LogP) is -0.382. The number of aliphatic hydroxyl groups excluding tert-OH is 1. The highest BCUT2D eigenvalue weighted by Gasteiger charge is 2.44. The van der Waals surface area contributed by atoms with Crippen LogP contribution in [-0.2, 0) is 19.7 Å². The van der Waals surface area contributed by atoms with Crippen LogP contribution >= 0.6 is 0 Å². The van der Waals surface area contributed by atoms with Crippen LogP contribution < -0.4 is 0 Å². The number of hydrogen-bond donors (Lipinski definition) is 1. The van der Waals surface area contributed by atoms with Gasteiger partial charge in [-0.3, -0.25) is 0 Å². The summed E-state index contributed by atoms with van der Waals surface area (Å²) in [7, 11) is -7.25. The van der Waals surface area contributed by atoms with Gasteiger partial charge in [0.2, 0.25) is 0 Å². The maximum Gasteiger partial charge on any atom is 0.184 e. The average molecular weight is 276 g/mol. The van der Waals surface area contributed by atoms with Crippen molar-refractivity contribution in [3.63, 3.8) is 0 Å². The van der Waals surface area contributed by atoms with Gasteiger partial charge in [-0.05, 0) is 12.1 Å². The van der Waals surface area contributed by atoms with Gasteiger partial charge in [0.25, 0.3) is 0 Å². The summed E-state index contributed by atoms with van der Waals surface area (Å²) in [6.07, 6.45) is -1.34. The Labute approximate surface area is 99.9 Å². The Balaban J connectivity index is 2.42. The molecule has 1 aliphatic heterocycles. The standard InChI is InChI=1S/C10H12O5S2/c11-9-6-16(12,13)7-10(9)17(14,15)8-4-2-1-3-5-8/h1-5,9-11H,6-7H2/t9-,10+/m0/s1. The van der Waals surface area contributed by atoms with Crippen LogP contribution in [0.15, 0.2) is 35.2 Å². The minimum Gasteiger partial charge on any atom is -0.391 e. The third-order valence-corrected chi connectivity index (χ3v) is 6.88. The molecule has 1 saturated heterocycles. The van der Waals surface area contributed by atoms with Crippen LogP contribution in [-0.4, -0.2) is 44.8 Å². The summed E-state index contributed by atoms with van der Waals surface area (Å²) in [5.41, 5.74) is 0. The first-order valence-corrected chi connectivity index (χ1v) is 8.37. The lowest BCUT2D eigenvalue weighted by molar-refractivity contribution is 0.204. The van der Waals surface area contributed by atoms with Crippen molar-refractivity contribution in [3.05, 3.63) is 30.3 Å². The lowest BCUT2D eigenvalue weighted by Gasteiger charge is -2.13. The van der Waals surface area contributed by atoms with E-state index in [-0.39, 0.29) is 4.90 Å². The van der Waals surface area contributed by atoms with Crippen molar-refractivity contribution < 1.29 is 21.9 Å². The Kier molecular flexibility index (Phi) is 3.01. The smallest absolute Gasteiger partial charge is 0.184 e. The van der Waals surface area contributed by atoms with Gasteiger partial charge in [-0.15, -0.1) is 0 Å². The van der Waals surface area contributed by atoms with E-state index in [2.05, 4.69) is 0 Å². The molecule has 0 bridgehead atoms. The molecule has 1 aromatic rings. The molecule has 1 heterocycles. The van der Waals surface area contributed by atoms with Gasteiger partial charge >= 0.3 is 0 Å². The predicted molar refractivity (Wildman–Crippen MR) is 62.1 cm³/mol. The van der Waals surface area contributed by atoms with E-state index in [4.69, 9.17) is 0 Å². The first-order valence-electron chi connectivity index (χ1n) is 5.00. The molecule has 0 radical (unpaired) electrons. The summed E-state index contributed by atoms with van der Waals surface area (Å²) in [5.74, 6) is -0.991. The maximum absolute atomic E-state index is 12.1. The molecule has 5 nitrogen and oxygen atoms in total. The normalized spacial score (nSPS) is 28.1. The highest BCUT2D eigenvalue weighted by atomic mass is 32.2. The zero-order valence-corrected chi connectivity index (χ0v) is 10.5. The number of rotatable bonds is 2. The summed E-state index contributed by atoms with van der Waals surface area (Å²) in [6.45, 7) is 0. The molecule has 94 valence electrons. The van der Waals surface area contributed by atoms with Crippen LogP contribution in [0.4, 0.5) is 0 Å².